The highest BCUT2D eigenvalue weighted by molar-refractivity contribution is 6.73. The fourth-order valence-corrected chi connectivity index (χ4v) is 3.34. The van der Waals surface area contributed by atoms with Crippen LogP contribution in [0.2, 0.25) is 12.1 Å². The second-order valence-electron chi connectivity index (χ2n) is 2.96. The third-order valence-electron chi connectivity index (χ3n) is 1.96. The largest absolute Gasteiger partial charge is 0.269 e. The first-order valence-corrected chi connectivity index (χ1v) is 6.41. The Kier molecular flexibility index (Phi) is 6.67. The van der Waals surface area contributed by atoms with Crippen LogP contribution in [0.4, 0.5) is 4.70 Å². The molecule has 0 heterocycles. The van der Waals surface area contributed by atoms with Crippen LogP contribution in [0.5, 0.6) is 0 Å². The van der Waals surface area contributed by atoms with E-state index in [9.17, 15) is 0 Å². The van der Waals surface area contributed by atoms with E-state index in [1.165, 1.54) is 5.19 Å². The Bertz CT molecular complexity index is 259. The monoisotopic (exact) mass is 207 g/mol. The van der Waals surface area contributed by atoms with Crippen molar-refractivity contribution in [2.75, 3.05) is 0 Å². The number of allylic oxidation sites excluding steroid dienone is 2. The summed E-state index contributed by atoms with van der Waals surface area (Å²) in [5.41, 5.74) is 0. The lowest BCUT2D eigenvalue weighted by Gasteiger charge is -2.10. The van der Waals surface area contributed by atoms with Crippen LogP contribution in [0.25, 0.3) is 0 Å². The second kappa shape index (κ2) is 7.27. The van der Waals surface area contributed by atoms with Crippen LogP contribution in [-0.2, 0) is 0 Å². The van der Waals surface area contributed by atoms with E-state index in [0.717, 1.165) is 12.1 Å². The van der Waals surface area contributed by atoms with Crippen molar-refractivity contribution < 1.29 is 4.70 Å². The van der Waals surface area contributed by atoms with Crippen LogP contribution in [0.15, 0.2) is 55.6 Å². The minimum Gasteiger partial charge on any atom is -0.269 e. The summed E-state index contributed by atoms with van der Waals surface area (Å²) >= 11 is 0. The highest BCUT2D eigenvalue weighted by atomic mass is 28.3. The Labute approximate surface area is 86.9 Å². The Hall–Kier alpha value is -1.15. The van der Waals surface area contributed by atoms with Gasteiger partial charge in [0.2, 0.25) is 0 Å². The maximum Gasteiger partial charge on any atom is 0.0934 e. The number of benzene rings is 1. The molecule has 0 fully saturated rings. The smallest absolute Gasteiger partial charge is 0.0934 e. The van der Waals surface area contributed by atoms with E-state index in [0.29, 0.717) is 0 Å². The fraction of sp³-hybridized carbons (Fsp3) is 0.167. The van der Waals surface area contributed by atoms with E-state index in [4.69, 9.17) is 0 Å². The van der Waals surface area contributed by atoms with Gasteiger partial charge in [-0.05, 0) is 12.1 Å². The van der Waals surface area contributed by atoms with E-state index >= 15 is 0 Å². The zero-order valence-corrected chi connectivity index (χ0v) is 9.28. The molecule has 0 aliphatic carbocycles. The molecule has 1 aromatic rings. The van der Waals surface area contributed by atoms with Crippen molar-refractivity contribution in [1.82, 2.24) is 0 Å². The molecule has 0 amide bonds. The fourth-order valence-electron chi connectivity index (χ4n) is 1.34. The van der Waals surface area contributed by atoms with E-state index in [2.05, 4.69) is 43.5 Å². The van der Waals surface area contributed by atoms with Crippen LogP contribution in [0.3, 0.4) is 0 Å². The standard InChI is InChI=1S/C12H15Si.FH/c1-3-10-13(11-4-2)12-8-6-5-7-9-12;/h3-9H,1-2,10-11H2;1H. The van der Waals surface area contributed by atoms with Gasteiger partial charge < -0.3 is 0 Å². The molecule has 14 heavy (non-hydrogen) atoms. The molecule has 0 nitrogen and oxygen atoms in total. The molecular weight excluding hydrogens is 191 g/mol. The van der Waals surface area contributed by atoms with Crippen LogP contribution in [0.1, 0.15) is 0 Å². The van der Waals surface area contributed by atoms with Crippen molar-refractivity contribution in [1.29, 1.82) is 0 Å². The lowest BCUT2D eigenvalue weighted by atomic mass is 10.4. The Balaban J connectivity index is 0.00000169. The predicted octanol–water partition coefficient (Wildman–Crippen LogP) is 2.91. The van der Waals surface area contributed by atoms with Gasteiger partial charge in [-0.25, -0.2) is 0 Å². The lowest BCUT2D eigenvalue weighted by molar-refractivity contribution is 1.11. The van der Waals surface area contributed by atoms with Gasteiger partial charge in [0.1, 0.15) is 0 Å². The summed E-state index contributed by atoms with van der Waals surface area (Å²) in [6.07, 6.45) is 4.04. The molecule has 1 aromatic carbocycles. The summed E-state index contributed by atoms with van der Waals surface area (Å²) in [5.74, 6) is 0. The zero-order valence-electron chi connectivity index (χ0n) is 8.28. The average molecular weight is 207 g/mol. The van der Waals surface area contributed by atoms with Crippen LogP contribution >= 0.6 is 0 Å². The molecule has 2 heteroatoms. The van der Waals surface area contributed by atoms with Crippen LogP contribution < -0.4 is 5.19 Å². The molecular formula is C12H16FSi. The molecule has 0 saturated carbocycles. The summed E-state index contributed by atoms with van der Waals surface area (Å²) in [4.78, 5) is 0. The summed E-state index contributed by atoms with van der Waals surface area (Å²) < 4.78 is 0. The quantitative estimate of drug-likeness (QED) is 0.514. The number of hydrogen-bond acceptors (Lipinski definition) is 0. The molecule has 0 aliphatic rings. The maximum atomic E-state index is 3.80. The Morgan fingerprint density at radius 1 is 1.00 bits per heavy atom. The molecule has 0 spiro atoms. The summed E-state index contributed by atoms with van der Waals surface area (Å²) in [6.45, 7) is 7.60. The number of halogens is 1. The van der Waals surface area contributed by atoms with Crippen LogP contribution in [0, 0.1) is 0 Å². The van der Waals surface area contributed by atoms with E-state index in [1.807, 2.05) is 12.2 Å². The van der Waals surface area contributed by atoms with E-state index < -0.39 is 8.80 Å². The highest BCUT2D eigenvalue weighted by Crippen LogP contribution is 2.02. The minimum absolute atomic E-state index is 0. The van der Waals surface area contributed by atoms with Gasteiger partial charge in [-0.15, -0.1) is 13.2 Å². The van der Waals surface area contributed by atoms with Gasteiger partial charge in [0, 0.05) is 0 Å². The summed E-state index contributed by atoms with van der Waals surface area (Å²) in [5, 5.41) is 1.48. The highest BCUT2D eigenvalue weighted by Gasteiger charge is 2.08. The average Bonchev–Trinajstić information content (AvgIpc) is 2.19. The van der Waals surface area contributed by atoms with E-state index in [-0.39, 0.29) is 4.70 Å². The van der Waals surface area contributed by atoms with Gasteiger partial charge >= 0.3 is 0 Å². The molecule has 75 valence electrons. The zero-order chi connectivity index (χ0) is 9.52. The van der Waals surface area contributed by atoms with Gasteiger partial charge in [0.05, 0.1) is 8.80 Å². The molecule has 1 rings (SSSR count). The van der Waals surface area contributed by atoms with Crippen LogP contribution in [-0.4, -0.2) is 8.80 Å². The molecule has 0 saturated heterocycles. The first kappa shape index (κ1) is 12.8. The minimum atomic E-state index is -0.460. The van der Waals surface area contributed by atoms with Crippen molar-refractivity contribution in [2.45, 2.75) is 12.1 Å². The number of hydrogen-bond donors (Lipinski definition) is 0. The van der Waals surface area contributed by atoms with Gasteiger partial charge in [-0.1, -0.05) is 47.7 Å². The molecule has 0 bridgehead atoms. The normalized spacial score (nSPS) is 9.21. The van der Waals surface area contributed by atoms with Crippen molar-refractivity contribution in [3.8, 4) is 0 Å². The molecule has 0 N–H and O–H groups in total. The Morgan fingerprint density at radius 2 is 1.50 bits per heavy atom. The first-order valence-electron chi connectivity index (χ1n) is 4.50. The van der Waals surface area contributed by atoms with Gasteiger partial charge in [0.25, 0.3) is 0 Å². The second-order valence-corrected chi connectivity index (χ2v) is 5.56. The molecule has 1 radical (unpaired) electrons. The topological polar surface area (TPSA) is 0 Å². The summed E-state index contributed by atoms with van der Waals surface area (Å²) in [6, 6.07) is 12.9. The van der Waals surface area contributed by atoms with Gasteiger partial charge in [0.15, 0.2) is 0 Å². The van der Waals surface area contributed by atoms with Gasteiger partial charge in [-0.3, -0.25) is 4.70 Å². The van der Waals surface area contributed by atoms with E-state index in [1.54, 1.807) is 0 Å². The maximum absolute atomic E-state index is 3.80. The summed E-state index contributed by atoms with van der Waals surface area (Å²) in [7, 11) is -0.460. The van der Waals surface area contributed by atoms with Crippen molar-refractivity contribution in [3.63, 3.8) is 0 Å². The first-order chi connectivity index (χ1) is 6.38. The van der Waals surface area contributed by atoms with Gasteiger partial charge in [-0.2, -0.15) is 0 Å². The molecule has 0 aromatic heterocycles. The van der Waals surface area contributed by atoms with Crippen molar-refractivity contribution >= 4 is 14.0 Å². The molecule has 0 aliphatic heterocycles. The molecule has 0 unspecified atom stereocenters. The van der Waals surface area contributed by atoms with Crippen molar-refractivity contribution in [3.05, 3.63) is 55.6 Å². The predicted molar refractivity (Wildman–Crippen MR) is 64.3 cm³/mol. The molecule has 0 atom stereocenters. The SMILES string of the molecule is C=CC[Si](CC=C)c1ccccc1.F. The van der Waals surface area contributed by atoms with Crippen molar-refractivity contribution in [2.24, 2.45) is 0 Å². The Morgan fingerprint density at radius 3 is 1.93 bits per heavy atom. The third-order valence-corrected chi connectivity index (χ3v) is 4.68. The third kappa shape index (κ3) is 3.71. The number of rotatable bonds is 5. The lowest BCUT2D eigenvalue weighted by Crippen LogP contribution is -2.28.